The summed E-state index contributed by atoms with van der Waals surface area (Å²) in [4.78, 5) is 11.6. The maximum absolute atomic E-state index is 12.3. The molecule has 1 aromatic rings. The van der Waals surface area contributed by atoms with Crippen molar-refractivity contribution in [1.29, 1.82) is 0 Å². The number of benzene rings is 1. The number of ether oxygens (including phenoxy) is 1. The van der Waals surface area contributed by atoms with E-state index in [1.807, 2.05) is 13.8 Å². The third-order valence-electron chi connectivity index (χ3n) is 2.73. The standard InChI is InChI=1S/C14H20F2N2O2/c1-9-3-5-12(20-14(15)16)11(7-9)8-18-13(19)6-4-10(2)17/h3,5,7,10,14H,4,6,8,17H2,1-2H3,(H,18,19). The molecule has 1 unspecified atom stereocenters. The molecule has 0 fully saturated rings. The third kappa shape index (κ3) is 5.97. The van der Waals surface area contributed by atoms with Crippen molar-refractivity contribution in [1.82, 2.24) is 5.32 Å². The van der Waals surface area contributed by atoms with Gasteiger partial charge in [0.2, 0.25) is 5.91 Å². The van der Waals surface area contributed by atoms with Gasteiger partial charge in [0.15, 0.2) is 0 Å². The van der Waals surface area contributed by atoms with Crippen LogP contribution in [-0.2, 0) is 11.3 Å². The molecule has 0 radical (unpaired) electrons. The highest BCUT2D eigenvalue weighted by molar-refractivity contribution is 5.75. The van der Waals surface area contributed by atoms with Crippen LogP contribution in [0, 0.1) is 6.92 Å². The SMILES string of the molecule is Cc1ccc(OC(F)F)c(CNC(=O)CCC(C)N)c1. The van der Waals surface area contributed by atoms with Gasteiger partial charge < -0.3 is 15.8 Å². The predicted molar refractivity (Wildman–Crippen MR) is 72.5 cm³/mol. The van der Waals surface area contributed by atoms with Crippen LogP contribution in [0.4, 0.5) is 8.78 Å². The highest BCUT2D eigenvalue weighted by Crippen LogP contribution is 2.22. The fourth-order valence-electron chi connectivity index (χ4n) is 1.70. The number of hydrogen-bond acceptors (Lipinski definition) is 3. The number of nitrogens with one attached hydrogen (secondary N) is 1. The summed E-state index contributed by atoms with van der Waals surface area (Å²) in [6, 6.07) is 4.82. The van der Waals surface area contributed by atoms with E-state index in [0.717, 1.165) is 5.56 Å². The minimum Gasteiger partial charge on any atom is -0.434 e. The summed E-state index contributed by atoms with van der Waals surface area (Å²) >= 11 is 0. The summed E-state index contributed by atoms with van der Waals surface area (Å²) in [5.74, 6) is -0.0788. The van der Waals surface area contributed by atoms with Crippen molar-refractivity contribution in [2.45, 2.75) is 45.9 Å². The van der Waals surface area contributed by atoms with Crippen molar-refractivity contribution in [3.05, 3.63) is 29.3 Å². The van der Waals surface area contributed by atoms with Gasteiger partial charge in [0.1, 0.15) is 5.75 Å². The Morgan fingerprint density at radius 2 is 2.15 bits per heavy atom. The molecule has 1 amide bonds. The van der Waals surface area contributed by atoms with Gasteiger partial charge in [-0.1, -0.05) is 17.7 Å². The van der Waals surface area contributed by atoms with Crippen molar-refractivity contribution in [2.24, 2.45) is 5.73 Å². The molecule has 0 aliphatic rings. The lowest BCUT2D eigenvalue weighted by Gasteiger charge is -2.12. The molecule has 112 valence electrons. The van der Waals surface area contributed by atoms with Gasteiger partial charge in [-0.05, 0) is 26.3 Å². The van der Waals surface area contributed by atoms with Crippen LogP contribution in [0.3, 0.4) is 0 Å². The van der Waals surface area contributed by atoms with E-state index in [4.69, 9.17) is 5.73 Å². The van der Waals surface area contributed by atoms with Crippen molar-refractivity contribution in [2.75, 3.05) is 0 Å². The minimum atomic E-state index is -2.88. The summed E-state index contributed by atoms with van der Waals surface area (Å²) < 4.78 is 29.0. The average Bonchev–Trinajstić information content (AvgIpc) is 2.36. The van der Waals surface area contributed by atoms with Gasteiger partial charge in [-0.15, -0.1) is 0 Å². The van der Waals surface area contributed by atoms with E-state index in [9.17, 15) is 13.6 Å². The van der Waals surface area contributed by atoms with Gasteiger partial charge in [-0.2, -0.15) is 8.78 Å². The summed E-state index contributed by atoms with van der Waals surface area (Å²) in [5, 5.41) is 2.68. The first-order valence-corrected chi connectivity index (χ1v) is 6.45. The second kappa shape index (κ2) is 7.79. The van der Waals surface area contributed by atoms with Crippen LogP contribution in [0.5, 0.6) is 5.75 Å². The van der Waals surface area contributed by atoms with Crippen molar-refractivity contribution >= 4 is 5.91 Å². The predicted octanol–water partition coefficient (Wildman–Crippen LogP) is 2.34. The molecule has 0 aliphatic heterocycles. The second-order valence-electron chi connectivity index (χ2n) is 4.78. The first-order valence-electron chi connectivity index (χ1n) is 6.45. The van der Waals surface area contributed by atoms with E-state index in [-0.39, 0.29) is 24.2 Å². The van der Waals surface area contributed by atoms with Gasteiger partial charge in [0.25, 0.3) is 0 Å². The molecule has 1 aromatic carbocycles. The Kier molecular flexibility index (Phi) is 6.38. The van der Waals surface area contributed by atoms with Crippen molar-refractivity contribution in [3.8, 4) is 5.75 Å². The fourth-order valence-corrected chi connectivity index (χ4v) is 1.70. The molecule has 1 rings (SSSR count). The Balaban J connectivity index is 2.61. The number of halogens is 2. The van der Waals surface area contributed by atoms with Crippen LogP contribution in [0.25, 0.3) is 0 Å². The van der Waals surface area contributed by atoms with Crippen molar-refractivity contribution < 1.29 is 18.3 Å². The lowest BCUT2D eigenvalue weighted by molar-refractivity contribution is -0.121. The van der Waals surface area contributed by atoms with E-state index in [1.54, 1.807) is 12.1 Å². The third-order valence-corrected chi connectivity index (χ3v) is 2.73. The van der Waals surface area contributed by atoms with E-state index < -0.39 is 6.61 Å². The topological polar surface area (TPSA) is 64.3 Å². The Morgan fingerprint density at radius 1 is 1.45 bits per heavy atom. The summed E-state index contributed by atoms with van der Waals surface area (Å²) in [5.41, 5.74) is 7.00. The highest BCUT2D eigenvalue weighted by atomic mass is 19.3. The molecule has 0 heterocycles. The fraction of sp³-hybridized carbons (Fsp3) is 0.500. The van der Waals surface area contributed by atoms with Crippen molar-refractivity contribution in [3.63, 3.8) is 0 Å². The minimum absolute atomic E-state index is 0.0440. The molecular formula is C14H20F2N2O2. The molecule has 0 saturated heterocycles. The van der Waals surface area contributed by atoms with E-state index >= 15 is 0 Å². The Hall–Kier alpha value is -1.69. The number of aryl methyl sites for hydroxylation is 1. The number of alkyl halides is 2. The normalized spacial score (nSPS) is 12.3. The number of carbonyl (C=O) groups excluding carboxylic acids is 1. The number of nitrogens with two attached hydrogens (primary N) is 1. The van der Waals surface area contributed by atoms with Gasteiger partial charge in [0, 0.05) is 24.6 Å². The molecule has 6 heteroatoms. The molecule has 1 atom stereocenters. The molecule has 3 N–H and O–H groups in total. The van der Waals surface area contributed by atoms with Crippen LogP contribution in [0.2, 0.25) is 0 Å². The lowest BCUT2D eigenvalue weighted by atomic mass is 10.1. The monoisotopic (exact) mass is 286 g/mol. The molecule has 0 aromatic heterocycles. The maximum atomic E-state index is 12.3. The number of carbonyl (C=O) groups is 1. The summed E-state index contributed by atoms with van der Waals surface area (Å²) in [6.07, 6.45) is 0.897. The molecule has 4 nitrogen and oxygen atoms in total. The Labute approximate surface area is 117 Å². The molecule has 0 spiro atoms. The summed E-state index contributed by atoms with van der Waals surface area (Å²) in [6.45, 7) is 0.933. The molecular weight excluding hydrogens is 266 g/mol. The molecule has 20 heavy (non-hydrogen) atoms. The van der Waals surface area contributed by atoms with E-state index in [2.05, 4.69) is 10.1 Å². The zero-order valence-corrected chi connectivity index (χ0v) is 11.7. The van der Waals surface area contributed by atoms with E-state index in [1.165, 1.54) is 6.07 Å². The maximum Gasteiger partial charge on any atom is 0.387 e. The van der Waals surface area contributed by atoms with Gasteiger partial charge in [0.05, 0.1) is 0 Å². The first kappa shape index (κ1) is 16.4. The highest BCUT2D eigenvalue weighted by Gasteiger charge is 2.11. The zero-order chi connectivity index (χ0) is 15.1. The van der Waals surface area contributed by atoms with Gasteiger partial charge >= 0.3 is 6.61 Å². The number of amides is 1. The Morgan fingerprint density at radius 3 is 2.75 bits per heavy atom. The second-order valence-corrected chi connectivity index (χ2v) is 4.78. The average molecular weight is 286 g/mol. The first-order chi connectivity index (χ1) is 9.38. The quantitative estimate of drug-likeness (QED) is 0.808. The van der Waals surface area contributed by atoms with Crippen LogP contribution in [-0.4, -0.2) is 18.6 Å². The lowest BCUT2D eigenvalue weighted by Crippen LogP contribution is -2.25. The number of hydrogen-bond donors (Lipinski definition) is 2. The Bertz CT molecular complexity index is 451. The number of rotatable bonds is 7. The molecule has 0 bridgehead atoms. The smallest absolute Gasteiger partial charge is 0.387 e. The van der Waals surface area contributed by atoms with Crippen LogP contribution in [0.15, 0.2) is 18.2 Å². The van der Waals surface area contributed by atoms with E-state index in [0.29, 0.717) is 18.4 Å². The van der Waals surface area contributed by atoms with Gasteiger partial charge in [-0.3, -0.25) is 4.79 Å². The largest absolute Gasteiger partial charge is 0.434 e. The zero-order valence-electron chi connectivity index (χ0n) is 11.7. The molecule has 0 saturated carbocycles. The molecule has 0 aliphatic carbocycles. The van der Waals surface area contributed by atoms with Crippen LogP contribution >= 0.6 is 0 Å². The van der Waals surface area contributed by atoms with Crippen LogP contribution in [0.1, 0.15) is 30.9 Å². The van der Waals surface area contributed by atoms with Crippen LogP contribution < -0.4 is 15.8 Å². The summed E-state index contributed by atoms with van der Waals surface area (Å²) in [7, 11) is 0. The van der Waals surface area contributed by atoms with Gasteiger partial charge in [-0.25, -0.2) is 0 Å².